The first-order valence-electron chi connectivity index (χ1n) is 4.37. The summed E-state index contributed by atoms with van der Waals surface area (Å²) in [5, 5.41) is 0.786. The van der Waals surface area contributed by atoms with Gasteiger partial charge in [-0.2, -0.15) is 0 Å². The van der Waals surface area contributed by atoms with E-state index in [0.717, 1.165) is 10.6 Å². The maximum absolute atomic E-state index is 6.06. The molecule has 1 fully saturated rings. The van der Waals surface area contributed by atoms with Crippen molar-refractivity contribution >= 4 is 11.6 Å². The zero-order chi connectivity index (χ0) is 9.26. The lowest BCUT2D eigenvalue weighted by molar-refractivity contribution is 0.191. The van der Waals surface area contributed by atoms with Gasteiger partial charge >= 0.3 is 0 Å². The summed E-state index contributed by atoms with van der Waals surface area (Å²) in [6.45, 7) is 1.32. The zero-order valence-electron chi connectivity index (χ0n) is 7.24. The van der Waals surface area contributed by atoms with Gasteiger partial charge in [-0.05, 0) is 11.6 Å². The van der Waals surface area contributed by atoms with Crippen LogP contribution < -0.4 is 5.73 Å². The molecule has 0 aliphatic carbocycles. The Bertz CT molecular complexity index is 303. The van der Waals surface area contributed by atoms with Gasteiger partial charge in [0.25, 0.3) is 0 Å². The first kappa shape index (κ1) is 9.00. The number of ether oxygens (including phenoxy) is 1. The van der Waals surface area contributed by atoms with Crippen LogP contribution in [0.15, 0.2) is 24.3 Å². The van der Waals surface area contributed by atoms with Gasteiger partial charge < -0.3 is 10.5 Å². The molecule has 0 saturated carbocycles. The topological polar surface area (TPSA) is 35.2 Å². The van der Waals surface area contributed by atoms with Crippen LogP contribution in [-0.2, 0) is 4.74 Å². The molecule has 1 aromatic rings. The van der Waals surface area contributed by atoms with Crippen LogP contribution in [-0.4, -0.2) is 19.3 Å². The second kappa shape index (κ2) is 3.66. The van der Waals surface area contributed by atoms with E-state index in [1.807, 2.05) is 24.3 Å². The van der Waals surface area contributed by atoms with E-state index >= 15 is 0 Å². The molecule has 1 aliphatic heterocycles. The number of halogens is 1. The Morgan fingerprint density at radius 2 is 2.08 bits per heavy atom. The smallest absolute Gasteiger partial charge is 0.0624 e. The largest absolute Gasteiger partial charge is 0.379 e. The Morgan fingerprint density at radius 1 is 1.31 bits per heavy atom. The Kier molecular flexibility index (Phi) is 2.54. The third-order valence-corrected chi connectivity index (χ3v) is 2.77. The molecule has 70 valence electrons. The monoisotopic (exact) mass is 197 g/mol. The molecule has 1 heterocycles. The van der Waals surface area contributed by atoms with Crippen LogP contribution in [0, 0.1) is 0 Å². The molecule has 1 saturated heterocycles. The third kappa shape index (κ3) is 1.70. The molecule has 2 N–H and O–H groups in total. The molecule has 0 amide bonds. The summed E-state index contributed by atoms with van der Waals surface area (Å²) in [7, 11) is 0. The van der Waals surface area contributed by atoms with E-state index in [1.54, 1.807) is 0 Å². The molecule has 0 radical (unpaired) electrons. The molecule has 0 spiro atoms. The van der Waals surface area contributed by atoms with Gasteiger partial charge in [0.05, 0.1) is 13.2 Å². The predicted molar refractivity (Wildman–Crippen MR) is 53.0 cm³/mol. The van der Waals surface area contributed by atoms with E-state index in [0.29, 0.717) is 13.2 Å². The van der Waals surface area contributed by atoms with Crippen molar-refractivity contribution < 1.29 is 4.74 Å². The summed E-state index contributed by atoms with van der Waals surface area (Å²) in [5.41, 5.74) is 7.00. The van der Waals surface area contributed by atoms with Crippen molar-refractivity contribution in [1.82, 2.24) is 0 Å². The average Bonchev–Trinajstić information content (AvgIpc) is 2.52. The van der Waals surface area contributed by atoms with Crippen molar-refractivity contribution in [1.29, 1.82) is 0 Å². The standard InChI is InChI=1S/C10H12ClNO/c11-9-4-2-1-3-7(9)8-5-13-6-10(8)12/h1-4,8,10H,5-6,12H2. The quantitative estimate of drug-likeness (QED) is 0.745. The highest BCUT2D eigenvalue weighted by atomic mass is 35.5. The summed E-state index contributed by atoms with van der Waals surface area (Å²) < 4.78 is 5.30. The number of benzene rings is 1. The van der Waals surface area contributed by atoms with Crippen LogP contribution in [0.1, 0.15) is 11.5 Å². The number of hydrogen-bond donors (Lipinski definition) is 1. The van der Waals surface area contributed by atoms with Crippen molar-refractivity contribution in [3.8, 4) is 0 Å². The molecule has 2 nitrogen and oxygen atoms in total. The van der Waals surface area contributed by atoms with Gasteiger partial charge in [-0.1, -0.05) is 29.8 Å². The molecular weight excluding hydrogens is 186 g/mol. The average molecular weight is 198 g/mol. The minimum atomic E-state index is 0.0832. The normalized spacial score (nSPS) is 27.8. The molecule has 13 heavy (non-hydrogen) atoms. The van der Waals surface area contributed by atoms with Crippen LogP contribution in [0.25, 0.3) is 0 Å². The third-order valence-electron chi connectivity index (χ3n) is 2.43. The summed E-state index contributed by atoms with van der Waals surface area (Å²) in [6.07, 6.45) is 0. The van der Waals surface area contributed by atoms with Crippen LogP contribution >= 0.6 is 11.6 Å². The van der Waals surface area contributed by atoms with Gasteiger partial charge in [-0.25, -0.2) is 0 Å². The molecule has 1 aliphatic rings. The van der Waals surface area contributed by atoms with E-state index in [4.69, 9.17) is 22.1 Å². The summed E-state index contributed by atoms with van der Waals surface area (Å²) in [4.78, 5) is 0. The van der Waals surface area contributed by atoms with Crippen LogP contribution in [0.3, 0.4) is 0 Å². The molecule has 2 unspecified atom stereocenters. The number of hydrogen-bond acceptors (Lipinski definition) is 2. The molecular formula is C10H12ClNO. The van der Waals surface area contributed by atoms with Crippen LogP contribution in [0.5, 0.6) is 0 Å². The number of rotatable bonds is 1. The lowest BCUT2D eigenvalue weighted by Crippen LogP contribution is -2.26. The second-order valence-electron chi connectivity index (χ2n) is 3.33. The number of nitrogens with two attached hydrogens (primary N) is 1. The fourth-order valence-corrected chi connectivity index (χ4v) is 1.94. The molecule has 3 heteroatoms. The fraction of sp³-hybridized carbons (Fsp3) is 0.400. The molecule has 0 bridgehead atoms. The molecule has 2 atom stereocenters. The zero-order valence-corrected chi connectivity index (χ0v) is 8.00. The molecule has 0 aromatic heterocycles. The minimum Gasteiger partial charge on any atom is -0.379 e. The van der Waals surface area contributed by atoms with E-state index in [9.17, 15) is 0 Å². The Balaban J connectivity index is 2.29. The highest BCUT2D eigenvalue weighted by Crippen LogP contribution is 2.29. The summed E-state index contributed by atoms with van der Waals surface area (Å²) in [5.74, 6) is 0.258. The van der Waals surface area contributed by atoms with Gasteiger partial charge in [0.1, 0.15) is 0 Å². The van der Waals surface area contributed by atoms with Gasteiger partial charge in [0.15, 0.2) is 0 Å². The SMILES string of the molecule is NC1COCC1c1ccccc1Cl. The van der Waals surface area contributed by atoms with Gasteiger partial charge in [-0.3, -0.25) is 0 Å². The van der Waals surface area contributed by atoms with E-state index in [1.165, 1.54) is 0 Å². The van der Waals surface area contributed by atoms with Gasteiger partial charge in [-0.15, -0.1) is 0 Å². The maximum Gasteiger partial charge on any atom is 0.0624 e. The first-order valence-corrected chi connectivity index (χ1v) is 4.74. The van der Waals surface area contributed by atoms with Crippen molar-refractivity contribution in [2.24, 2.45) is 5.73 Å². The molecule has 2 rings (SSSR count). The second-order valence-corrected chi connectivity index (χ2v) is 3.74. The molecule has 1 aromatic carbocycles. The van der Waals surface area contributed by atoms with E-state index in [2.05, 4.69) is 0 Å². The Labute approximate surface area is 82.6 Å². The van der Waals surface area contributed by atoms with Crippen LogP contribution in [0.2, 0.25) is 5.02 Å². The maximum atomic E-state index is 6.06. The van der Waals surface area contributed by atoms with Crippen molar-refractivity contribution in [2.45, 2.75) is 12.0 Å². The van der Waals surface area contributed by atoms with E-state index < -0.39 is 0 Å². The van der Waals surface area contributed by atoms with Crippen molar-refractivity contribution in [3.05, 3.63) is 34.9 Å². The van der Waals surface area contributed by atoms with Crippen molar-refractivity contribution in [2.75, 3.05) is 13.2 Å². The Morgan fingerprint density at radius 3 is 2.69 bits per heavy atom. The van der Waals surface area contributed by atoms with Crippen LogP contribution in [0.4, 0.5) is 0 Å². The lowest BCUT2D eigenvalue weighted by Gasteiger charge is -2.14. The van der Waals surface area contributed by atoms with E-state index in [-0.39, 0.29) is 12.0 Å². The Hall–Kier alpha value is -0.570. The fourth-order valence-electron chi connectivity index (χ4n) is 1.67. The highest BCUT2D eigenvalue weighted by Gasteiger charge is 2.27. The minimum absolute atomic E-state index is 0.0832. The van der Waals surface area contributed by atoms with Crippen molar-refractivity contribution in [3.63, 3.8) is 0 Å². The lowest BCUT2D eigenvalue weighted by atomic mass is 9.95. The summed E-state index contributed by atoms with van der Waals surface area (Å²) in [6, 6.07) is 7.89. The summed E-state index contributed by atoms with van der Waals surface area (Å²) >= 11 is 6.06. The van der Waals surface area contributed by atoms with Gasteiger partial charge in [0.2, 0.25) is 0 Å². The predicted octanol–water partition coefficient (Wildman–Crippen LogP) is 1.78. The first-order chi connectivity index (χ1) is 6.29. The highest BCUT2D eigenvalue weighted by molar-refractivity contribution is 6.31. The van der Waals surface area contributed by atoms with Gasteiger partial charge in [0, 0.05) is 17.0 Å².